The van der Waals surface area contributed by atoms with Gasteiger partial charge in [-0.3, -0.25) is 0 Å². The zero-order valence-corrected chi connectivity index (χ0v) is 12.3. The fourth-order valence-electron chi connectivity index (χ4n) is 2.66. The van der Waals surface area contributed by atoms with Crippen LogP contribution in [0.3, 0.4) is 0 Å². The molecule has 4 heteroatoms. The number of nitrogens with zero attached hydrogens (tertiary/aromatic N) is 3. The first-order valence-electron chi connectivity index (χ1n) is 7.35. The molecule has 0 bridgehead atoms. The standard InChI is InChI=1S/C19H14N4/c20-19-18-16(21-12-22-19)11-15(13-7-3-1-4-8-13)17(23-18)14-9-5-2-6-10-14/h1-12H,(H2,20,21,22). The maximum Gasteiger partial charge on any atom is 0.153 e. The highest BCUT2D eigenvalue weighted by molar-refractivity contribution is 5.93. The maximum atomic E-state index is 5.98. The van der Waals surface area contributed by atoms with E-state index >= 15 is 0 Å². The third kappa shape index (κ3) is 2.40. The van der Waals surface area contributed by atoms with Gasteiger partial charge in [0.1, 0.15) is 11.8 Å². The van der Waals surface area contributed by atoms with Crippen LogP contribution in [0, 0.1) is 0 Å². The summed E-state index contributed by atoms with van der Waals surface area (Å²) in [7, 11) is 0. The molecule has 0 aliphatic rings. The van der Waals surface area contributed by atoms with Crippen LogP contribution >= 0.6 is 0 Å². The number of aromatic nitrogens is 3. The van der Waals surface area contributed by atoms with Crippen molar-refractivity contribution >= 4 is 16.9 Å². The number of pyridine rings is 1. The molecule has 4 aromatic rings. The summed E-state index contributed by atoms with van der Waals surface area (Å²) in [6.07, 6.45) is 1.47. The molecule has 0 amide bonds. The molecule has 2 heterocycles. The normalized spacial score (nSPS) is 10.8. The van der Waals surface area contributed by atoms with Gasteiger partial charge in [-0.05, 0) is 11.6 Å². The van der Waals surface area contributed by atoms with Gasteiger partial charge in [-0.2, -0.15) is 0 Å². The van der Waals surface area contributed by atoms with E-state index in [4.69, 9.17) is 10.7 Å². The van der Waals surface area contributed by atoms with Gasteiger partial charge in [0.25, 0.3) is 0 Å². The number of nitrogen functional groups attached to an aromatic ring is 1. The largest absolute Gasteiger partial charge is 0.382 e. The monoisotopic (exact) mass is 298 g/mol. The van der Waals surface area contributed by atoms with Gasteiger partial charge < -0.3 is 5.73 Å². The number of rotatable bonds is 2. The fraction of sp³-hybridized carbons (Fsp3) is 0. The molecule has 0 radical (unpaired) electrons. The molecule has 0 saturated heterocycles. The fourth-order valence-corrected chi connectivity index (χ4v) is 2.66. The van der Waals surface area contributed by atoms with Crippen LogP contribution in [0.25, 0.3) is 33.4 Å². The van der Waals surface area contributed by atoms with Crippen molar-refractivity contribution in [3.63, 3.8) is 0 Å². The van der Waals surface area contributed by atoms with Crippen molar-refractivity contribution in [2.45, 2.75) is 0 Å². The first-order chi connectivity index (χ1) is 11.3. The molecule has 0 fully saturated rings. The predicted octanol–water partition coefficient (Wildman–Crippen LogP) is 3.94. The molecule has 0 saturated carbocycles. The molecule has 110 valence electrons. The number of hydrogen-bond donors (Lipinski definition) is 1. The van der Waals surface area contributed by atoms with E-state index in [0.717, 1.165) is 27.9 Å². The summed E-state index contributed by atoms with van der Waals surface area (Å²) in [5.74, 6) is 0.395. The van der Waals surface area contributed by atoms with Gasteiger partial charge in [0.05, 0.1) is 11.2 Å². The van der Waals surface area contributed by atoms with Crippen molar-refractivity contribution in [3.8, 4) is 22.4 Å². The molecule has 0 spiro atoms. The van der Waals surface area contributed by atoms with Gasteiger partial charge in [-0.25, -0.2) is 15.0 Å². The Morgan fingerprint density at radius 2 is 1.39 bits per heavy atom. The van der Waals surface area contributed by atoms with Crippen molar-refractivity contribution in [1.29, 1.82) is 0 Å². The average Bonchev–Trinajstić information content (AvgIpc) is 2.63. The SMILES string of the molecule is Nc1ncnc2cc(-c3ccccc3)c(-c3ccccc3)nc12. The van der Waals surface area contributed by atoms with Crippen molar-refractivity contribution in [2.24, 2.45) is 0 Å². The summed E-state index contributed by atoms with van der Waals surface area (Å²) in [5, 5.41) is 0. The van der Waals surface area contributed by atoms with E-state index in [1.54, 1.807) is 0 Å². The number of benzene rings is 2. The highest BCUT2D eigenvalue weighted by Gasteiger charge is 2.13. The highest BCUT2D eigenvalue weighted by Crippen LogP contribution is 2.33. The lowest BCUT2D eigenvalue weighted by Crippen LogP contribution is -1.98. The van der Waals surface area contributed by atoms with Crippen LogP contribution in [-0.2, 0) is 0 Å². The van der Waals surface area contributed by atoms with E-state index in [2.05, 4.69) is 22.1 Å². The van der Waals surface area contributed by atoms with Crippen molar-refractivity contribution < 1.29 is 0 Å². The third-order valence-electron chi connectivity index (χ3n) is 3.77. The molecule has 0 aliphatic heterocycles. The molecule has 2 aromatic carbocycles. The van der Waals surface area contributed by atoms with E-state index in [1.165, 1.54) is 6.33 Å². The summed E-state index contributed by atoms with van der Waals surface area (Å²) in [6.45, 7) is 0. The van der Waals surface area contributed by atoms with E-state index in [0.29, 0.717) is 11.3 Å². The summed E-state index contributed by atoms with van der Waals surface area (Å²) >= 11 is 0. The van der Waals surface area contributed by atoms with Crippen molar-refractivity contribution in [2.75, 3.05) is 5.73 Å². The molecule has 0 atom stereocenters. The minimum Gasteiger partial charge on any atom is -0.382 e. The molecule has 2 N–H and O–H groups in total. The Balaban J connectivity index is 2.07. The number of fused-ring (bicyclic) bond motifs is 1. The highest BCUT2D eigenvalue weighted by atomic mass is 14.9. The first-order valence-corrected chi connectivity index (χ1v) is 7.35. The molecule has 4 nitrogen and oxygen atoms in total. The van der Waals surface area contributed by atoms with Crippen LogP contribution in [0.4, 0.5) is 5.82 Å². The molecule has 0 aliphatic carbocycles. The summed E-state index contributed by atoms with van der Waals surface area (Å²) in [5.41, 5.74) is 11.4. The Morgan fingerprint density at radius 1 is 0.739 bits per heavy atom. The van der Waals surface area contributed by atoms with Gasteiger partial charge in [0.2, 0.25) is 0 Å². The topological polar surface area (TPSA) is 64.7 Å². The lowest BCUT2D eigenvalue weighted by atomic mass is 9.98. The second kappa shape index (κ2) is 5.50. The smallest absolute Gasteiger partial charge is 0.153 e. The summed E-state index contributed by atoms with van der Waals surface area (Å²) in [4.78, 5) is 13.1. The Morgan fingerprint density at radius 3 is 2.09 bits per heavy atom. The van der Waals surface area contributed by atoms with E-state index in [9.17, 15) is 0 Å². The third-order valence-corrected chi connectivity index (χ3v) is 3.77. The molecular formula is C19H14N4. The number of nitrogens with two attached hydrogens (primary N) is 1. The lowest BCUT2D eigenvalue weighted by Gasteiger charge is -2.11. The summed E-state index contributed by atoms with van der Waals surface area (Å²) in [6, 6.07) is 22.3. The second-order valence-corrected chi connectivity index (χ2v) is 5.24. The van der Waals surface area contributed by atoms with Gasteiger partial charge in [0.15, 0.2) is 5.82 Å². The Hall–Kier alpha value is -3.27. The number of hydrogen-bond acceptors (Lipinski definition) is 4. The van der Waals surface area contributed by atoms with E-state index < -0.39 is 0 Å². The lowest BCUT2D eigenvalue weighted by molar-refractivity contribution is 1.21. The average molecular weight is 298 g/mol. The number of anilines is 1. The Kier molecular flexibility index (Phi) is 3.20. The molecule has 0 unspecified atom stereocenters. The minimum absolute atomic E-state index is 0.395. The first kappa shape index (κ1) is 13.4. The molecule has 23 heavy (non-hydrogen) atoms. The van der Waals surface area contributed by atoms with Crippen LogP contribution < -0.4 is 5.73 Å². The molecule has 4 rings (SSSR count). The Bertz CT molecular complexity index is 966. The van der Waals surface area contributed by atoms with Gasteiger partial charge >= 0.3 is 0 Å². The van der Waals surface area contributed by atoms with E-state index in [1.807, 2.05) is 54.6 Å². The van der Waals surface area contributed by atoms with Crippen LogP contribution in [-0.4, -0.2) is 15.0 Å². The van der Waals surface area contributed by atoms with Gasteiger partial charge in [-0.1, -0.05) is 60.7 Å². The van der Waals surface area contributed by atoms with Gasteiger partial charge in [-0.15, -0.1) is 0 Å². The minimum atomic E-state index is 0.395. The van der Waals surface area contributed by atoms with Crippen LogP contribution in [0.1, 0.15) is 0 Å². The van der Waals surface area contributed by atoms with Crippen LogP contribution in [0.15, 0.2) is 73.1 Å². The van der Waals surface area contributed by atoms with Crippen molar-refractivity contribution in [3.05, 3.63) is 73.1 Å². The molecular weight excluding hydrogens is 284 g/mol. The van der Waals surface area contributed by atoms with Gasteiger partial charge in [0, 0.05) is 11.1 Å². The quantitative estimate of drug-likeness (QED) is 0.608. The Labute approximate surface area is 133 Å². The van der Waals surface area contributed by atoms with Crippen LogP contribution in [0.5, 0.6) is 0 Å². The van der Waals surface area contributed by atoms with Crippen molar-refractivity contribution in [1.82, 2.24) is 15.0 Å². The maximum absolute atomic E-state index is 5.98. The second-order valence-electron chi connectivity index (χ2n) is 5.24. The zero-order chi connectivity index (χ0) is 15.6. The summed E-state index contributed by atoms with van der Waals surface area (Å²) < 4.78 is 0. The van der Waals surface area contributed by atoms with Crippen LogP contribution in [0.2, 0.25) is 0 Å². The molecule has 2 aromatic heterocycles. The predicted molar refractivity (Wildman–Crippen MR) is 92.6 cm³/mol. The zero-order valence-electron chi connectivity index (χ0n) is 12.3. The van der Waals surface area contributed by atoms with E-state index in [-0.39, 0.29) is 0 Å².